The average molecular weight is 341 g/mol. The topological polar surface area (TPSA) is 50.7 Å². The van der Waals surface area contributed by atoms with Crippen LogP contribution in [0, 0.1) is 0 Å². The van der Waals surface area contributed by atoms with E-state index in [1.165, 1.54) is 5.56 Å². The van der Waals surface area contributed by atoms with E-state index in [1.54, 1.807) is 0 Å². The van der Waals surface area contributed by atoms with Crippen molar-refractivity contribution in [3.63, 3.8) is 0 Å². The molecule has 0 bridgehead atoms. The van der Waals surface area contributed by atoms with Gasteiger partial charge in [-0.05, 0) is 49.6 Å². The van der Waals surface area contributed by atoms with Crippen molar-refractivity contribution in [2.75, 3.05) is 6.54 Å². The summed E-state index contributed by atoms with van der Waals surface area (Å²) in [6.07, 6.45) is 1.49. The van der Waals surface area contributed by atoms with Crippen molar-refractivity contribution in [2.45, 2.75) is 51.5 Å². The number of hydrogen-bond acceptors (Lipinski definition) is 4. The third-order valence-electron chi connectivity index (χ3n) is 4.45. The molecule has 2 aromatic rings. The molecule has 134 valence electrons. The molecule has 0 saturated heterocycles. The Morgan fingerprint density at radius 1 is 1.04 bits per heavy atom. The van der Waals surface area contributed by atoms with Gasteiger partial charge in [0.15, 0.2) is 11.5 Å². The molecule has 3 rings (SSSR count). The van der Waals surface area contributed by atoms with Crippen molar-refractivity contribution in [3.8, 4) is 11.5 Å². The molecule has 0 fully saturated rings. The summed E-state index contributed by atoms with van der Waals surface area (Å²) < 4.78 is 11.5. The summed E-state index contributed by atoms with van der Waals surface area (Å²) in [6, 6.07) is 16.1. The van der Waals surface area contributed by atoms with Gasteiger partial charge in [0.05, 0.1) is 6.10 Å². The molecule has 0 aliphatic carbocycles. The van der Waals surface area contributed by atoms with Gasteiger partial charge in [-0.15, -0.1) is 0 Å². The minimum atomic E-state index is -0.646. The van der Waals surface area contributed by atoms with Crippen molar-refractivity contribution in [3.05, 3.63) is 59.7 Å². The second-order valence-corrected chi connectivity index (χ2v) is 7.09. The fourth-order valence-corrected chi connectivity index (χ4v) is 3.09. The molecular formula is C21H27NO3. The number of aryl methyl sites for hydroxylation is 1. The van der Waals surface area contributed by atoms with E-state index < -0.39 is 11.9 Å². The lowest BCUT2D eigenvalue weighted by molar-refractivity contribution is -0.0432. The first-order chi connectivity index (χ1) is 11.9. The van der Waals surface area contributed by atoms with Crippen molar-refractivity contribution < 1.29 is 14.6 Å². The van der Waals surface area contributed by atoms with Crippen LogP contribution >= 0.6 is 0 Å². The van der Waals surface area contributed by atoms with Crippen LogP contribution in [0.25, 0.3) is 0 Å². The molecule has 0 unspecified atom stereocenters. The summed E-state index contributed by atoms with van der Waals surface area (Å²) in [5.41, 5.74) is 2.18. The lowest BCUT2D eigenvalue weighted by Gasteiger charge is -2.21. The van der Waals surface area contributed by atoms with Gasteiger partial charge >= 0.3 is 0 Å². The Labute approximate surface area is 149 Å². The minimum Gasteiger partial charge on any atom is -0.449 e. The third-order valence-corrected chi connectivity index (χ3v) is 4.45. The number of fused-ring (bicyclic) bond motifs is 1. The zero-order chi connectivity index (χ0) is 17.9. The second kappa shape index (κ2) is 7.46. The van der Waals surface area contributed by atoms with E-state index in [0.717, 1.165) is 30.7 Å². The van der Waals surface area contributed by atoms with Gasteiger partial charge in [-0.1, -0.05) is 36.4 Å². The number of nitrogens with one attached hydrogen (secondary N) is 1. The first-order valence-corrected chi connectivity index (χ1v) is 8.92. The first kappa shape index (κ1) is 17.8. The summed E-state index contributed by atoms with van der Waals surface area (Å²) in [6.45, 7) is 6.62. The highest BCUT2D eigenvalue weighted by atomic mass is 16.7. The predicted octanol–water partition coefficient (Wildman–Crippen LogP) is 3.84. The van der Waals surface area contributed by atoms with Gasteiger partial charge < -0.3 is 19.9 Å². The van der Waals surface area contributed by atoms with E-state index >= 15 is 0 Å². The van der Waals surface area contributed by atoms with Crippen LogP contribution in [0.5, 0.6) is 11.5 Å². The molecule has 2 N–H and O–H groups in total. The zero-order valence-corrected chi connectivity index (χ0v) is 15.2. The Hall–Kier alpha value is -2.04. The molecule has 2 atom stereocenters. The molecule has 2 aromatic carbocycles. The smallest absolute Gasteiger partial charge is 0.246 e. The van der Waals surface area contributed by atoms with E-state index in [-0.39, 0.29) is 6.04 Å². The summed E-state index contributed by atoms with van der Waals surface area (Å²) in [7, 11) is 0. The maximum atomic E-state index is 10.6. The summed E-state index contributed by atoms with van der Waals surface area (Å²) in [4.78, 5) is 0. The molecule has 1 aliphatic rings. The summed E-state index contributed by atoms with van der Waals surface area (Å²) in [5, 5.41) is 14.0. The van der Waals surface area contributed by atoms with E-state index in [2.05, 4.69) is 29.6 Å². The van der Waals surface area contributed by atoms with E-state index in [0.29, 0.717) is 5.75 Å². The number of aliphatic hydroxyl groups is 1. The lowest BCUT2D eigenvalue weighted by atomic mass is 10.0. The van der Waals surface area contributed by atoms with Crippen LogP contribution in [0.15, 0.2) is 48.5 Å². The van der Waals surface area contributed by atoms with Gasteiger partial charge in [-0.25, -0.2) is 0 Å². The summed E-state index contributed by atoms with van der Waals surface area (Å²) in [5.74, 6) is 0.773. The standard InChI is InChI=1S/C21H27NO3/c1-15(22-13-7-10-16-8-5-4-6-9-16)20(23)17-11-12-18-19(14-17)25-21(2,3)24-18/h4-6,8-9,11-12,14-15,20,22-23H,7,10,13H2,1-3H3/t15-,20-/m0/s1. The molecule has 4 heteroatoms. The molecule has 0 saturated carbocycles. The van der Waals surface area contributed by atoms with E-state index in [4.69, 9.17) is 9.47 Å². The minimum absolute atomic E-state index is 0.0378. The Kier molecular flexibility index (Phi) is 5.30. The van der Waals surface area contributed by atoms with E-state index in [1.807, 2.05) is 45.0 Å². The van der Waals surface area contributed by atoms with Crippen molar-refractivity contribution in [1.82, 2.24) is 5.32 Å². The highest BCUT2D eigenvalue weighted by Gasteiger charge is 2.32. The van der Waals surface area contributed by atoms with Crippen LogP contribution in [0.1, 0.15) is 44.4 Å². The fraction of sp³-hybridized carbons (Fsp3) is 0.429. The number of benzene rings is 2. The Balaban J connectivity index is 1.50. The van der Waals surface area contributed by atoms with Crippen molar-refractivity contribution in [2.24, 2.45) is 0 Å². The predicted molar refractivity (Wildman–Crippen MR) is 99.0 cm³/mol. The average Bonchev–Trinajstić information content (AvgIpc) is 2.91. The molecule has 0 spiro atoms. The normalized spacial score (nSPS) is 17.3. The molecule has 1 heterocycles. The number of ether oxygens (including phenoxy) is 2. The Bertz CT molecular complexity index is 700. The first-order valence-electron chi connectivity index (χ1n) is 8.92. The van der Waals surface area contributed by atoms with E-state index in [9.17, 15) is 5.11 Å². The van der Waals surface area contributed by atoms with Crippen molar-refractivity contribution in [1.29, 1.82) is 0 Å². The number of hydrogen-bond donors (Lipinski definition) is 2. The SMILES string of the molecule is C[C@H](NCCCc1ccccc1)[C@H](O)c1ccc2c(c1)OC(C)(C)O2. The Morgan fingerprint density at radius 3 is 2.52 bits per heavy atom. The highest BCUT2D eigenvalue weighted by Crippen LogP contribution is 2.40. The largest absolute Gasteiger partial charge is 0.449 e. The monoisotopic (exact) mass is 341 g/mol. The lowest BCUT2D eigenvalue weighted by Crippen LogP contribution is -2.33. The maximum absolute atomic E-state index is 10.6. The number of aliphatic hydroxyl groups excluding tert-OH is 1. The van der Waals surface area contributed by atoms with Gasteiger partial charge in [-0.2, -0.15) is 0 Å². The highest BCUT2D eigenvalue weighted by molar-refractivity contribution is 5.46. The van der Waals surface area contributed by atoms with Crippen molar-refractivity contribution >= 4 is 0 Å². The van der Waals surface area contributed by atoms with Gasteiger partial charge in [-0.3, -0.25) is 0 Å². The molecule has 1 aliphatic heterocycles. The van der Waals surface area contributed by atoms with Crippen LogP contribution in [-0.4, -0.2) is 23.5 Å². The quantitative estimate of drug-likeness (QED) is 0.751. The molecule has 25 heavy (non-hydrogen) atoms. The maximum Gasteiger partial charge on any atom is 0.246 e. The zero-order valence-electron chi connectivity index (χ0n) is 15.2. The molecule has 0 amide bonds. The molecule has 4 nitrogen and oxygen atoms in total. The molecule has 0 radical (unpaired) electrons. The van der Waals surface area contributed by atoms with Crippen LogP contribution in [0.4, 0.5) is 0 Å². The fourth-order valence-electron chi connectivity index (χ4n) is 3.09. The van der Waals surface area contributed by atoms with Gasteiger partial charge in [0.1, 0.15) is 0 Å². The van der Waals surface area contributed by atoms with Crippen LogP contribution in [0.3, 0.4) is 0 Å². The van der Waals surface area contributed by atoms with Gasteiger partial charge in [0.2, 0.25) is 5.79 Å². The molecule has 0 aromatic heterocycles. The summed E-state index contributed by atoms with van der Waals surface area (Å²) >= 11 is 0. The Morgan fingerprint density at radius 2 is 1.76 bits per heavy atom. The van der Waals surface area contributed by atoms with Gasteiger partial charge in [0, 0.05) is 19.9 Å². The van der Waals surface area contributed by atoms with Crippen LogP contribution in [0.2, 0.25) is 0 Å². The van der Waals surface area contributed by atoms with Gasteiger partial charge in [0.25, 0.3) is 0 Å². The third kappa shape index (κ3) is 4.53. The van der Waals surface area contributed by atoms with Crippen LogP contribution < -0.4 is 14.8 Å². The molecular weight excluding hydrogens is 314 g/mol. The number of rotatable bonds is 7. The second-order valence-electron chi connectivity index (χ2n) is 7.09. The van der Waals surface area contributed by atoms with Crippen LogP contribution in [-0.2, 0) is 6.42 Å².